The smallest absolute Gasteiger partial charge is 0.193 e. The third-order valence-corrected chi connectivity index (χ3v) is 2.67. The molecule has 0 aromatic carbocycles. The van der Waals surface area contributed by atoms with E-state index in [-0.39, 0.29) is 0 Å². The van der Waals surface area contributed by atoms with Gasteiger partial charge in [-0.2, -0.15) is 0 Å². The van der Waals surface area contributed by atoms with Gasteiger partial charge in [0.25, 0.3) is 0 Å². The summed E-state index contributed by atoms with van der Waals surface area (Å²) >= 11 is 0. The maximum Gasteiger partial charge on any atom is 0.193 e. The number of fused-ring (bicyclic) bond motifs is 1. The zero-order chi connectivity index (χ0) is 13.7. The Balaban J connectivity index is 2.32. The number of nitrogens with one attached hydrogen (secondary N) is 2. The molecule has 1 aliphatic heterocycles. The minimum absolute atomic E-state index is 0.351. The van der Waals surface area contributed by atoms with E-state index in [1.165, 1.54) is 0 Å². The van der Waals surface area contributed by atoms with Gasteiger partial charge in [-0.25, -0.2) is 0 Å². The van der Waals surface area contributed by atoms with Gasteiger partial charge in [0.05, 0.1) is 5.70 Å². The van der Waals surface area contributed by atoms with Gasteiger partial charge in [0.2, 0.25) is 0 Å². The standard InChI is InChI=1S/C14H19N5/c1-4-6-8-12(9-7-5-2)19-17-13-14(18-19)16-11(3)10-15-13/h4-9,11H,1,10H2,2-3H3,(H,15,17)(H,16,18)/b7-5-,8-6-,12-9+. The predicted octanol–water partition coefficient (Wildman–Crippen LogP) is 2.66. The lowest BCUT2D eigenvalue weighted by Crippen LogP contribution is -2.29. The summed E-state index contributed by atoms with van der Waals surface area (Å²) in [7, 11) is 0. The van der Waals surface area contributed by atoms with Crippen LogP contribution in [-0.4, -0.2) is 27.6 Å². The Kier molecular flexibility index (Phi) is 4.18. The minimum atomic E-state index is 0.351. The summed E-state index contributed by atoms with van der Waals surface area (Å²) in [6, 6.07) is 0.351. The molecule has 0 amide bonds. The summed E-state index contributed by atoms with van der Waals surface area (Å²) in [4.78, 5) is 1.61. The van der Waals surface area contributed by atoms with Crippen LogP contribution in [0.4, 0.5) is 11.6 Å². The first-order chi connectivity index (χ1) is 9.24. The van der Waals surface area contributed by atoms with E-state index in [0.29, 0.717) is 6.04 Å². The Morgan fingerprint density at radius 2 is 2.16 bits per heavy atom. The number of nitrogens with zero attached hydrogens (tertiary/aromatic N) is 3. The molecule has 2 N–H and O–H groups in total. The first-order valence-corrected chi connectivity index (χ1v) is 6.34. The van der Waals surface area contributed by atoms with Crippen LogP contribution in [0.15, 0.2) is 43.0 Å². The van der Waals surface area contributed by atoms with Crippen molar-refractivity contribution in [2.24, 2.45) is 0 Å². The molecule has 2 heterocycles. The van der Waals surface area contributed by atoms with E-state index in [2.05, 4.69) is 34.3 Å². The summed E-state index contributed by atoms with van der Waals surface area (Å²) in [5.74, 6) is 1.58. The molecule has 5 heteroatoms. The van der Waals surface area contributed by atoms with Crippen molar-refractivity contribution in [2.75, 3.05) is 17.2 Å². The zero-order valence-corrected chi connectivity index (χ0v) is 11.3. The van der Waals surface area contributed by atoms with Crippen molar-refractivity contribution in [3.63, 3.8) is 0 Å². The van der Waals surface area contributed by atoms with Crippen molar-refractivity contribution in [3.05, 3.63) is 43.0 Å². The van der Waals surface area contributed by atoms with E-state index in [9.17, 15) is 0 Å². The fourth-order valence-corrected chi connectivity index (χ4v) is 1.72. The van der Waals surface area contributed by atoms with E-state index in [4.69, 9.17) is 0 Å². The lowest BCUT2D eigenvalue weighted by atomic mass is 10.3. The molecule has 1 unspecified atom stereocenters. The minimum Gasteiger partial charge on any atom is -0.363 e. The van der Waals surface area contributed by atoms with Gasteiger partial charge in [0.15, 0.2) is 11.6 Å². The van der Waals surface area contributed by atoms with Gasteiger partial charge in [-0.1, -0.05) is 30.9 Å². The molecule has 0 bridgehead atoms. The molecular formula is C14H19N5. The summed E-state index contributed by atoms with van der Waals surface area (Å²) < 4.78 is 0. The lowest BCUT2D eigenvalue weighted by Gasteiger charge is -2.19. The van der Waals surface area contributed by atoms with E-state index in [0.717, 1.165) is 23.9 Å². The highest BCUT2D eigenvalue weighted by Gasteiger charge is 2.19. The summed E-state index contributed by atoms with van der Waals surface area (Å²) in [6.45, 7) is 8.59. The first kappa shape index (κ1) is 13.1. The fourth-order valence-electron chi connectivity index (χ4n) is 1.72. The molecule has 1 aromatic rings. The third kappa shape index (κ3) is 3.13. The number of allylic oxidation sites excluding steroid dienone is 7. The number of hydrogen-bond acceptors (Lipinski definition) is 4. The van der Waals surface area contributed by atoms with Crippen LogP contribution in [-0.2, 0) is 0 Å². The van der Waals surface area contributed by atoms with Gasteiger partial charge in [-0.15, -0.1) is 15.0 Å². The Morgan fingerprint density at radius 1 is 1.37 bits per heavy atom. The van der Waals surface area contributed by atoms with E-state index >= 15 is 0 Å². The van der Waals surface area contributed by atoms with Crippen LogP contribution in [0.2, 0.25) is 0 Å². The number of rotatable bonds is 4. The molecule has 19 heavy (non-hydrogen) atoms. The zero-order valence-electron chi connectivity index (χ0n) is 11.3. The van der Waals surface area contributed by atoms with Gasteiger partial charge >= 0.3 is 0 Å². The molecule has 5 nitrogen and oxygen atoms in total. The fraction of sp³-hybridized carbons (Fsp3) is 0.286. The summed E-state index contributed by atoms with van der Waals surface area (Å²) in [5.41, 5.74) is 0.878. The maximum absolute atomic E-state index is 4.45. The van der Waals surface area contributed by atoms with Crippen LogP contribution < -0.4 is 10.6 Å². The molecule has 0 saturated carbocycles. The van der Waals surface area contributed by atoms with Crippen LogP contribution in [0.1, 0.15) is 13.8 Å². The van der Waals surface area contributed by atoms with Gasteiger partial charge in [0, 0.05) is 12.6 Å². The van der Waals surface area contributed by atoms with Gasteiger partial charge < -0.3 is 10.6 Å². The highest BCUT2D eigenvalue weighted by Crippen LogP contribution is 2.22. The van der Waals surface area contributed by atoms with Gasteiger partial charge in [0.1, 0.15) is 0 Å². The van der Waals surface area contributed by atoms with Gasteiger partial charge in [-0.3, -0.25) is 0 Å². The average molecular weight is 257 g/mol. The molecule has 1 aromatic heterocycles. The third-order valence-electron chi connectivity index (χ3n) is 2.67. The maximum atomic E-state index is 4.45. The molecule has 100 valence electrons. The monoisotopic (exact) mass is 257 g/mol. The molecule has 0 spiro atoms. The number of aromatic nitrogens is 3. The topological polar surface area (TPSA) is 54.8 Å². The second kappa shape index (κ2) is 6.04. The van der Waals surface area contributed by atoms with Crippen molar-refractivity contribution in [2.45, 2.75) is 19.9 Å². The molecule has 0 fully saturated rings. The Bertz CT molecular complexity index is 536. The highest BCUT2D eigenvalue weighted by atomic mass is 15.5. The highest BCUT2D eigenvalue weighted by molar-refractivity contribution is 5.65. The molecule has 2 rings (SSSR count). The van der Waals surface area contributed by atoms with Crippen LogP contribution in [0, 0.1) is 0 Å². The molecule has 0 saturated heterocycles. The van der Waals surface area contributed by atoms with E-state index in [1.54, 1.807) is 10.9 Å². The van der Waals surface area contributed by atoms with Crippen molar-refractivity contribution in [1.29, 1.82) is 0 Å². The normalized spacial score (nSPS) is 19.3. The van der Waals surface area contributed by atoms with Crippen molar-refractivity contribution in [1.82, 2.24) is 15.0 Å². The van der Waals surface area contributed by atoms with Crippen LogP contribution in [0.25, 0.3) is 5.70 Å². The van der Waals surface area contributed by atoms with Gasteiger partial charge in [-0.05, 0) is 26.0 Å². The Hall–Kier alpha value is -2.30. The average Bonchev–Trinajstić information content (AvgIpc) is 2.81. The largest absolute Gasteiger partial charge is 0.363 e. The number of anilines is 2. The summed E-state index contributed by atoms with van der Waals surface area (Å²) in [6.07, 6.45) is 11.4. The molecule has 0 aliphatic carbocycles. The second-order valence-corrected chi connectivity index (χ2v) is 4.33. The van der Waals surface area contributed by atoms with Crippen LogP contribution in [0.3, 0.4) is 0 Å². The Labute approximate surface area is 113 Å². The first-order valence-electron chi connectivity index (χ1n) is 6.34. The number of hydrogen-bond donors (Lipinski definition) is 2. The van der Waals surface area contributed by atoms with Crippen molar-refractivity contribution >= 4 is 17.3 Å². The second-order valence-electron chi connectivity index (χ2n) is 4.33. The van der Waals surface area contributed by atoms with Crippen molar-refractivity contribution < 1.29 is 0 Å². The molecule has 1 atom stereocenters. The van der Waals surface area contributed by atoms with E-state index < -0.39 is 0 Å². The van der Waals surface area contributed by atoms with Crippen molar-refractivity contribution in [3.8, 4) is 0 Å². The van der Waals surface area contributed by atoms with Crippen LogP contribution in [0.5, 0.6) is 0 Å². The molecule has 0 radical (unpaired) electrons. The Morgan fingerprint density at radius 3 is 2.89 bits per heavy atom. The predicted molar refractivity (Wildman–Crippen MR) is 80.0 cm³/mol. The molecule has 1 aliphatic rings. The van der Waals surface area contributed by atoms with Crippen LogP contribution >= 0.6 is 0 Å². The molecular weight excluding hydrogens is 238 g/mol. The SMILES string of the molecule is C=C\C=C/C(=C\C=C/C)n1nc2c(n1)NC(C)CN2. The summed E-state index contributed by atoms with van der Waals surface area (Å²) in [5, 5.41) is 15.4. The lowest BCUT2D eigenvalue weighted by molar-refractivity contribution is 0.779. The quantitative estimate of drug-likeness (QED) is 0.814. The van der Waals surface area contributed by atoms with E-state index in [1.807, 2.05) is 37.3 Å².